The van der Waals surface area contributed by atoms with Gasteiger partial charge in [-0.05, 0) is 18.2 Å². The van der Waals surface area contributed by atoms with Crippen LogP contribution in [-0.4, -0.2) is 27.8 Å². The molecule has 0 bridgehead atoms. The number of anilines is 1. The molecule has 1 aromatic carbocycles. The summed E-state index contributed by atoms with van der Waals surface area (Å²) in [5.41, 5.74) is 1.16. The lowest BCUT2D eigenvalue weighted by Gasteiger charge is -1.97. The van der Waals surface area contributed by atoms with Gasteiger partial charge in [0.05, 0.1) is 17.3 Å². The van der Waals surface area contributed by atoms with E-state index in [0.717, 1.165) is 16.0 Å². The molecule has 1 N–H and O–H groups in total. The van der Waals surface area contributed by atoms with Crippen LogP contribution in [0.25, 0.3) is 10.2 Å². The largest absolute Gasteiger partial charge is 0.497 e. The van der Waals surface area contributed by atoms with E-state index in [4.69, 9.17) is 4.74 Å². The predicted molar refractivity (Wildman–Crippen MR) is 77.3 cm³/mol. The average molecular weight is 288 g/mol. The van der Waals surface area contributed by atoms with Crippen LogP contribution in [0.2, 0.25) is 0 Å². The molecule has 0 fully saturated rings. The highest BCUT2D eigenvalue weighted by Gasteiger charge is 2.12. The van der Waals surface area contributed by atoms with Crippen LogP contribution in [0, 0.1) is 0 Å². The van der Waals surface area contributed by atoms with E-state index in [1.54, 1.807) is 31.1 Å². The summed E-state index contributed by atoms with van der Waals surface area (Å²) in [7, 11) is 3.37. The number of nitrogens with one attached hydrogen (secondary N) is 1. The maximum atomic E-state index is 12.0. The van der Waals surface area contributed by atoms with Gasteiger partial charge in [-0.3, -0.25) is 14.8 Å². The quantitative estimate of drug-likeness (QED) is 0.803. The summed E-state index contributed by atoms with van der Waals surface area (Å²) in [5.74, 6) is 0.474. The third-order valence-corrected chi connectivity index (χ3v) is 3.71. The maximum Gasteiger partial charge on any atom is 0.277 e. The van der Waals surface area contributed by atoms with E-state index in [1.165, 1.54) is 11.3 Å². The molecule has 0 aliphatic carbocycles. The van der Waals surface area contributed by atoms with Crippen LogP contribution in [0.1, 0.15) is 10.5 Å². The Bertz CT molecular complexity index is 778. The SMILES string of the molecule is COc1ccc2sc(NC(=O)c3ccn(C)n3)nc2c1. The van der Waals surface area contributed by atoms with Crippen molar-refractivity contribution in [1.82, 2.24) is 14.8 Å². The monoisotopic (exact) mass is 288 g/mol. The van der Waals surface area contributed by atoms with Crippen molar-refractivity contribution in [2.45, 2.75) is 0 Å². The van der Waals surface area contributed by atoms with Gasteiger partial charge in [-0.15, -0.1) is 0 Å². The fraction of sp³-hybridized carbons (Fsp3) is 0.154. The minimum atomic E-state index is -0.267. The van der Waals surface area contributed by atoms with E-state index < -0.39 is 0 Å². The van der Waals surface area contributed by atoms with Gasteiger partial charge in [-0.2, -0.15) is 5.10 Å². The molecule has 0 saturated heterocycles. The number of hydrogen-bond acceptors (Lipinski definition) is 5. The van der Waals surface area contributed by atoms with E-state index in [9.17, 15) is 4.79 Å². The molecule has 3 aromatic rings. The molecule has 0 radical (unpaired) electrons. The molecule has 102 valence electrons. The van der Waals surface area contributed by atoms with Crippen LogP contribution in [-0.2, 0) is 7.05 Å². The number of carbonyl (C=O) groups excluding carboxylic acids is 1. The van der Waals surface area contributed by atoms with Crippen molar-refractivity contribution in [1.29, 1.82) is 0 Å². The number of nitrogens with zero attached hydrogens (tertiary/aromatic N) is 3. The number of benzene rings is 1. The summed E-state index contributed by atoms with van der Waals surface area (Å²) in [6.45, 7) is 0. The molecule has 2 aromatic heterocycles. The normalized spacial score (nSPS) is 10.7. The first-order chi connectivity index (χ1) is 9.65. The van der Waals surface area contributed by atoms with Gasteiger partial charge in [-0.25, -0.2) is 4.98 Å². The van der Waals surface area contributed by atoms with Crippen molar-refractivity contribution in [3.05, 3.63) is 36.2 Å². The molecule has 0 aliphatic rings. The van der Waals surface area contributed by atoms with Gasteiger partial charge in [0, 0.05) is 19.3 Å². The molecule has 20 heavy (non-hydrogen) atoms. The number of carbonyl (C=O) groups is 1. The van der Waals surface area contributed by atoms with E-state index in [0.29, 0.717) is 10.8 Å². The number of aryl methyl sites for hydroxylation is 1. The molecule has 0 spiro atoms. The topological polar surface area (TPSA) is 69.0 Å². The highest BCUT2D eigenvalue weighted by atomic mass is 32.1. The van der Waals surface area contributed by atoms with E-state index in [2.05, 4.69) is 15.4 Å². The summed E-state index contributed by atoms with van der Waals surface area (Å²) in [4.78, 5) is 16.3. The first-order valence-electron chi connectivity index (χ1n) is 5.91. The van der Waals surface area contributed by atoms with Gasteiger partial charge in [0.1, 0.15) is 5.75 Å². The summed E-state index contributed by atoms with van der Waals surface area (Å²) in [6, 6.07) is 7.28. The second-order valence-corrected chi connectivity index (χ2v) is 5.21. The lowest BCUT2D eigenvalue weighted by molar-refractivity contribution is 0.102. The minimum absolute atomic E-state index is 0.267. The number of thiazole rings is 1. The Morgan fingerprint density at radius 1 is 1.40 bits per heavy atom. The van der Waals surface area contributed by atoms with E-state index >= 15 is 0 Å². The Morgan fingerprint density at radius 3 is 2.95 bits per heavy atom. The maximum absolute atomic E-state index is 12.0. The van der Waals surface area contributed by atoms with Crippen LogP contribution in [0.3, 0.4) is 0 Å². The molecule has 0 aliphatic heterocycles. The molecule has 6 nitrogen and oxygen atoms in total. The zero-order chi connectivity index (χ0) is 14.1. The second kappa shape index (κ2) is 4.93. The number of amides is 1. The summed E-state index contributed by atoms with van der Waals surface area (Å²) in [6.07, 6.45) is 1.72. The van der Waals surface area contributed by atoms with Crippen LogP contribution >= 0.6 is 11.3 Å². The Balaban J connectivity index is 1.85. The van der Waals surface area contributed by atoms with Gasteiger partial charge < -0.3 is 4.74 Å². The zero-order valence-corrected chi connectivity index (χ0v) is 11.8. The van der Waals surface area contributed by atoms with Gasteiger partial charge in [0.25, 0.3) is 5.91 Å². The first-order valence-corrected chi connectivity index (χ1v) is 6.73. The number of methoxy groups -OCH3 is 1. The fourth-order valence-corrected chi connectivity index (χ4v) is 2.63. The third kappa shape index (κ3) is 2.35. The Labute approximate surface area is 119 Å². The van der Waals surface area contributed by atoms with Gasteiger partial charge in [0.15, 0.2) is 10.8 Å². The highest BCUT2D eigenvalue weighted by molar-refractivity contribution is 7.22. The Morgan fingerprint density at radius 2 is 2.25 bits per heavy atom. The number of fused-ring (bicyclic) bond motifs is 1. The molecule has 0 atom stereocenters. The predicted octanol–water partition coefficient (Wildman–Crippen LogP) is 2.29. The molecule has 0 saturated carbocycles. The minimum Gasteiger partial charge on any atom is -0.497 e. The van der Waals surface area contributed by atoms with Crippen molar-refractivity contribution < 1.29 is 9.53 Å². The molecule has 3 rings (SSSR count). The van der Waals surface area contributed by atoms with Crippen molar-refractivity contribution in [3.63, 3.8) is 0 Å². The third-order valence-electron chi connectivity index (χ3n) is 2.76. The van der Waals surface area contributed by atoms with Gasteiger partial charge >= 0.3 is 0 Å². The highest BCUT2D eigenvalue weighted by Crippen LogP contribution is 2.28. The van der Waals surface area contributed by atoms with Crippen molar-refractivity contribution in [3.8, 4) is 5.75 Å². The van der Waals surface area contributed by atoms with Crippen molar-refractivity contribution in [2.75, 3.05) is 12.4 Å². The van der Waals surface area contributed by atoms with Gasteiger partial charge in [0.2, 0.25) is 0 Å². The van der Waals surface area contributed by atoms with E-state index in [1.807, 2.05) is 18.2 Å². The number of hydrogen-bond donors (Lipinski definition) is 1. The van der Waals surface area contributed by atoms with Gasteiger partial charge in [-0.1, -0.05) is 11.3 Å². The van der Waals surface area contributed by atoms with Crippen LogP contribution in [0.4, 0.5) is 5.13 Å². The molecule has 0 unspecified atom stereocenters. The molecule has 7 heteroatoms. The summed E-state index contributed by atoms with van der Waals surface area (Å²) < 4.78 is 7.72. The smallest absolute Gasteiger partial charge is 0.277 e. The van der Waals surface area contributed by atoms with Crippen LogP contribution in [0.15, 0.2) is 30.5 Å². The van der Waals surface area contributed by atoms with E-state index in [-0.39, 0.29) is 5.91 Å². The first kappa shape index (κ1) is 12.6. The molecule has 2 heterocycles. The number of rotatable bonds is 3. The number of ether oxygens (including phenoxy) is 1. The Kier molecular flexibility index (Phi) is 3.11. The molecular weight excluding hydrogens is 276 g/mol. The van der Waals surface area contributed by atoms with Crippen molar-refractivity contribution in [2.24, 2.45) is 7.05 Å². The molecular formula is C13H12N4O2S. The van der Waals surface area contributed by atoms with Crippen LogP contribution < -0.4 is 10.1 Å². The van der Waals surface area contributed by atoms with Crippen LogP contribution in [0.5, 0.6) is 5.75 Å². The zero-order valence-electron chi connectivity index (χ0n) is 11.0. The Hall–Kier alpha value is -2.41. The lowest BCUT2D eigenvalue weighted by atomic mass is 10.3. The molecule has 1 amide bonds. The number of aromatic nitrogens is 3. The fourth-order valence-electron chi connectivity index (χ4n) is 1.79. The summed E-state index contributed by atoms with van der Waals surface area (Å²) >= 11 is 1.41. The second-order valence-electron chi connectivity index (χ2n) is 4.18. The van der Waals surface area contributed by atoms with Crippen molar-refractivity contribution >= 4 is 32.6 Å². The summed E-state index contributed by atoms with van der Waals surface area (Å²) in [5, 5.41) is 7.35. The standard InChI is InChI=1S/C13H12N4O2S/c1-17-6-5-9(16-17)12(18)15-13-14-10-7-8(19-2)3-4-11(10)20-13/h3-7H,1-2H3,(H,14,15,18). The lowest BCUT2D eigenvalue weighted by Crippen LogP contribution is -2.12. The average Bonchev–Trinajstić information content (AvgIpc) is 3.03.